The quantitative estimate of drug-likeness (QED) is 0.895. The first-order chi connectivity index (χ1) is 8.49. The van der Waals surface area contributed by atoms with Crippen LogP contribution in [-0.2, 0) is 18.0 Å². The van der Waals surface area contributed by atoms with Crippen molar-refractivity contribution in [3.63, 3.8) is 0 Å². The summed E-state index contributed by atoms with van der Waals surface area (Å²) in [5.74, 6) is 0. The van der Waals surface area contributed by atoms with Gasteiger partial charge in [-0.25, -0.2) is 0 Å². The normalized spacial score (nSPS) is 16.7. The van der Waals surface area contributed by atoms with Gasteiger partial charge in [-0.3, -0.25) is 0 Å². The van der Waals surface area contributed by atoms with E-state index in [0.717, 1.165) is 16.7 Å². The first-order valence-corrected chi connectivity index (χ1v) is 5.93. The third-order valence-corrected chi connectivity index (χ3v) is 3.21. The molecule has 0 fully saturated rings. The summed E-state index contributed by atoms with van der Waals surface area (Å²) in [7, 11) is 1.69. The first kappa shape index (κ1) is 13.4. The summed E-state index contributed by atoms with van der Waals surface area (Å²) in [5.41, 5.74) is 3.11. The number of hydrogen-bond donors (Lipinski definition) is 1. The summed E-state index contributed by atoms with van der Waals surface area (Å²) in [5, 5.41) is 2.94. The Morgan fingerprint density at radius 2 is 2.00 bits per heavy atom. The second-order valence-corrected chi connectivity index (χ2v) is 4.52. The maximum atomic E-state index is 12.2. The molecule has 0 radical (unpaired) electrons. The van der Waals surface area contributed by atoms with Crippen LogP contribution in [0.15, 0.2) is 18.2 Å². The van der Waals surface area contributed by atoms with Crippen LogP contribution in [0.3, 0.4) is 0 Å². The number of nitrogens with one attached hydrogen (secondary N) is 1. The molecule has 1 N–H and O–H groups in total. The van der Waals surface area contributed by atoms with Gasteiger partial charge in [0.2, 0.25) is 0 Å². The van der Waals surface area contributed by atoms with Crippen molar-refractivity contribution in [2.45, 2.75) is 38.3 Å². The van der Waals surface area contributed by atoms with Crippen molar-refractivity contribution < 1.29 is 17.9 Å². The molecular weight excluding hydrogens is 243 g/mol. The van der Waals surface area contributed by atoms with Crippen LogP contribution in [0.25, 0.3) is 0 Å². The highest BCUT2D eigenvalue weighted by atomic mass is 19.4. The van der Waals surface area contributed by atoms with E-state index in [-0.39, 0.29) is 12.5 Å². The molecule has 100 valence electrons. The van der Waals surface area contributed by atoms with E-state index in [9.17, 15) is 13.2 Å². The van der Waals surface area contributed by atoms with E-state index in [4.69, 9.17) is 4.74 Å². The van der Waals surface area contributed by atoms with E-state index in [1.54, 1.807) is 7.05 Å². The number of alkyl halides is 3. The molecule has 2 rings (SSSR count). The van der Waals surface area contributed by atoms with Crippen LogP contribution >= 0.6 is 0 Å². The van der Waals surface area contributed by atoms with Gasteiger partial charge < -0.3 is 10.1 Å². The topological polar surface area (TPSA) is 21.3 Å². The molecule has 1 heterocycles. The van der Waals surface area contributed by atoms with Gasteiger partial charge in [0, 0.05) is 12.5 Å². The second kappa shape index (κ2) is 5.28. The maximum absolute atomic E-state index is 12.2. The minimum Gasteiger partial charge on any atom is -0.372 e. The molecule has 1 aromatic carbocycles. The molecule has 1 aliphatic heterocycles. The highest BCUT2D eigenvalue weighted by Gasteiger charge is 2.28. The summed E-state index contributed by atoms with van der Waals surface area (Å²) < 4.78 is 42.0. The van der Waals surface area contributed by atoms with E-state index >= 15 is 0 Å². The molecule has 0 saturated heterocycles. The Hall–Kier alpha value is -1.07. The molecule has 1 atom stereocenters. The number of ether oxygens (including phenoxy) is 1. The number of benzene rings is 1. The third-order valence-electron chi connectivity index (χ3n) is 3.21. The standard InChI is InChI=1S/C13H16F3NO/c1-17-12(4-5-13(14,15)16)9-2-3-10-7-18-8-11(10)6-9/h2-3,6,12,17H,4-5,7-8H2,1H3. The average molecular weight is 259 g/mol. The van der Waals surface area contributed by atoms with Crippen LogP contribution in [0.1, 0.15) is 35.6 Å². The van der Waals surface area contributed by atoms with Gasteiger partial charge in [0.25, 0.3) is 0 Å². The van der Waals surface area contributed by atoms with Gasteiger partial charge in [-0.15, -0.1) is 0 Å². The van der Waals surface area contributed by atoms with Gasteiger partial charge in [0.1, 0.15) is 0 Å². The molecule has 2 nitrogen and oxygen atoms in total. The van der Waals surface area contributed by atoms with Gasteiger partial charge in [0.05, 0.1) is 13.2 Å². The molecule has 1 aromatic rings. The molecule has 0 spiro atoms. The fourth-order valence-electron chi connectivity index (χ4n) is 2.19. The molecule has 0 aliphatic carbocycles. The monoisotopic (exact) mass is 259 g/mol. The largest absolute Gasteiger partial charge is 0.389 e. The molecule has 0 amide bonds. The van der Waals surface area contributed by atoms with Crippen molar-refractivity contribution in [1.29, 1.82) is 0 Å². The Bertz CT molecular complexity index is 417. The predicted octanol–water partition coefficient (Wildman–Crippen LogP) is 3.32. The highest BCUT2D eigenvalue weighted by molar-refractivity contribution is 5.34. The van der Waals surface area contributed by atoms with Gasteiger partial charge in [0.15, 0.2) is 0 Å². The lowest BCUT2D eigenvalue weighted by Crippen LogP contribution is -2.19. The Morgan fingerprint density at radius 1 is 1.28 bits per heavy atom. The molecule has 0 bridgehead atoms. The Morgan fingerprint density at radius 3 is 2.67 bits per heavy atom. The smallest absolute Gasteiger partial charge is 0.372 e. The lowest BCUT2D eigenvalue weighted by atomic mass is 9.98. The molecule has 1 aliphatic rings. The zero-order valence-electron chi connectivity index (χ0n) is 10.2. The van der Waals surface area contributed by atoms with E-state index in [1.165, 1.54) is 0 Å². The van der Waals surface area contributed by atoms with Crippen molar-refractivity contribution in [3.05, 3.63) is 34.9 Å². The SMILES string of the molecule is CNC(CCC(F)(F)F)c1ccc2c(c1)COC2. The van der Waals surface area contributed by atoms with Crippen LogP contribution in [0.2, 0.25) is 0 Å². The number of fused-ring (bicyclic) bond motifs is 1. The average Bonchev–Trinajstić information content (AvgIpc) is 2.75. The van der Waals surface area contributed by atoms with Gasteiger partial charge >= 0.3 is 6.18 Å². The molecule has 1 unspecified atom stereocenters. The van der Waals surface area contributed by atoms with Crippen LogP contribution < -0.4 is 5.32 Å². The molecular formula is C13H16F3NO. The fourth-order valence-corrected chi connectivity index (χ4v) is 2.19. The minimum atomic E-state index is -4.10. The molecule has 0 aromatic heterocycles. The molecule has 18 heavy (non-hydrogen) atoms. The number of rotatable bonds is 4. The summed E-state index contributed by atoms with van der Waals surface area (Å²) in [6, 6.07) is 5.50. The third kappa shape index (κ3) is 3.23. The second-order valence-electron chi connectivity index (χ2n) is 4.52. The van der Waals surface area contributed by atoms with Crippen LogP contribution in [0, 0.1) is 0 Å². The van der Waals surface area contributed by atoms with Crippen LogP contribution in [0.5, 0.6) is 0 Å². The summed E-state index contributed by atoms with van der Waals surface area (Å²) in [6.45, 7) is 1.15. The predicted molar refractivity (Wildman–Crippen MR) is 62.0 cm³/mol. The Labute approximate surface area is 104 Å². The lowest BCUT2D eigenvalue weighted by molar-refractivity contribution is -0.136. The zero-order chi connectivity index (χ0) is 13.2. The number of halogens is 3. The summed E-state index contributed by atoms with van der Waals surface area (Å²) in [4.78, 5) is 0. The minimum absolute atomic E-state index is 0.0552. The Balaban J connectivity index is 2.08. The van der Waals surface area contributed by atoms with Gasteiger partial charge in [-0.1, -0.05) is 18.2 Å². The van der Waals surface area contributed by atoms with Crippen LogP contribution in [0.4, 0.5) is 13.2 Å². The van der Waals surface area contributed by atoms with Crippen molar-refractivity contribution in [3.8, 4) is 0 Å². The van der Waals surface area contributed by atoms with E-state index < -0.39 is 12.6 Å². The highest BCUT2D eigenvalue weighted by Crippen LogP contribution is 2.29. The Kier molecular flexibility index (Phi) is 3.92. The maximum Gasteiger partial charge on any atom is 0.389 e. The van der Waals surface area contributed by atoms with Crippen molar-refractivity contribution >= 4 is 0 Å². The van der Waals surface area contributed by atoms with Crippen molar-refractivity contribution in [2.75, 3.05) is 7.05 Å². The summed E-state index contributed by atoms with van der Waals surface area (Å²) in [6.07, 6.45) is -4.82. The van der Waals surface area contributed by atoms with Crippen LogP contribution in [-0.4, -0.2) is 13.2 Å². The molecule has 0 saturated carbocycles. The molecule has 5 heteroatoms. The zero-order valence-corrected chi connectivity index (χ0v) is 10.2. The fraction of sp³-hybridized carbons (Fsp3) is 0.538. The lowest BCUT2D eigenvalue weighted by Gasteiger charge is -2.18. The van der Waals surface area contributed by atoms with Crippen molar-refractivity contribution in [2.24, 2.45) is 0 Å². The van der Waals surface area contributed by atoms with Crippen molar-refractivity contribution in [1.82, 2.24) is 5.32 Å². The summed E-state index contributed by atoms with van der Waals surface area (Å²) >= 11 is 0. The van der Waals surface area contributed by atoms with E-state index in [0.29, 0.717) is 13.2 Å². The van der Waals surface area contributed by atoms with Gasteiger partial charge in [-0.2, -0.15) is 13.2 Å². The number of hydrogen-bond acceptors (Lipinski definition) is 2. The first-order valence-electron chi connectivity index (χ1n) is 5.93. The van der Waals surface area contributed by atoms with E-state index in [1.807, 2.05) is 18.2 Å². The van der Waals surface area contributed by atoms with Gasteiger partial charge in [-0.05, 0) is 30.2 Å². The van der Waals surface area contributed by atoms with E-state index in [2.05, 4.69) is 5.32 Å².